The molecular weight excluding hydrogens is 167 g/mol. The smallest absolute Gasteiger partial charge is 0.120 e. The Hall–Kier alpha value is -1.18. The van der Waals surface area contributed by atoms with E-state index < -0.39 is 6.67 Å². The highest BCUT2D eigenvalue weighted by Gasteiger charge is 2.04. The molecule has 0 saturated carbocycles. The third kappa shape index (κ3) is 2.65. The predicted molar refractivity (Wildman–Crippen MR) is 50.4 cm³/mol. The van der Waals surface area contributed by atoms with Gasteiger partial charge in [0.1, 0.15) is 13.0 Å². The standard InChI is InChI=1S/C11H13FO/c1-9(5-6-13)11-4-2-3-10(7-11)8-12/h2-4,6-7,9H,5,8H2,1H3. The van der Waals surface area contributed by atoms with Crippen LogP contribution in [0, 0.1) is 0 Å². The van der Waals surface area contributed by atoms with Crippen molar-refractivity contribution >= 4 is 6.29 Å². The van der Waals surface area contributed by atoms with Gasteiger partial charge in [0.15, 0.2) is 0 Å². The van der Waals surface area contributed by atoms with Crippen LogP contribution in [0.5, 0.6) is 0 Å². The Morgan fingerprint density at radius 2 is 2.31 bits per heavy atom. The summed E-state index contributed by atoms with van der Waals surface area (Å²) in [5.41, 5.74) is 1.71. The van der Waals surface area contributed by atoms with Gasteiger partial charge in [-0.3, -0.25) is 0 Å². The van der Waals surface area contributed by atoms with Crippen molar-refractivity contribution in [3.05, 3.63) is 35.4 Å². The quantitative estimate of drug-likeness (QED) is 0.651. The van der Waals surface area contributed by atoms with Gasteiger partial charge in [-0.1, -0.05) is 31.2 Å². The van der Waals surface area contributed by atoms with E-state index in [0.717, 1.165) is 11.8 Å². The van der Waals surface area contributed by atoms with Crippen LogP contribution in [-0.4, -0.2) is 6.29 Å². The fourth-order valence-corrected chi connectivity index (χ4v) is 1.26. The molecule has 2 heteroatoms. The third-order valence-electron chi connectivity index (χ3n) is 2.12. The molecular formula is C11H13FO. The van der Waals surface area contributed by atoms with Crippen molar-refractivity contribution in [2.24, 2.45) is 0 Å². The summed E-state index contributed by atoms with van der Waals surface area (Å²) in [5.74, 6) is 0.184. The summed E-state index contributed by atoms with van der Waals surface area (Å²) >= 11 is 0. The molecule has 0 aliphatic heterocycles. The van der Waals surface area contributed by atoms with Crippen LogP contribution in [0.4, 0.5) is 4.39 Å². The Kier molecular flexibility index (Phi) is 3.62. The minimum atomic E-state index is -0.443. The number of hydrogen-bond donors (Lipinski definition) is 0. The molecule has 1 rings (SSSR count). The summed E-state index contributed by atoms with van der Waals surface area (Å²) in [6.07, 6.45) is 1.39. The number of alkyl halides is 1. The molecule has 0 N–H and O–H groups in total. The minimum Gasteiger partial charge on any atom is -0.303 e. The molecule has 0 fully saturated rings. The van der Waals surface area contributed by atoms with Crippen molar-refractivity contribution in [2.75, 3.05) is 0 Å². The number of carbonyl (C=O) groups excluding carboxylic acids is 1. The zero-order chi connectivity index (χ0) is 9.68. The van der Waals surface area contributed by atoms with Crippen LogP contribution in [0.2, 0.25) is 0 Å². The fourth-order valence-electron chi connectivity index (χ4n) is 1.26. The molecule has 1 atom stereocenters. The van der Waals surface area contributed by atoms with Crippen LogP contribution in [0.25, 0.3) is 0 Å². The van der Waals surface area contributed by atoms with Crippen LogP contribution < -0.4 is 0 Å². The van der Waals surface area contributed by atoms with Gasteiger partial charge in [0.25, 0.3) is 0 Å². The van der Waals surface area contributed by atoms with Gasteiger partial charge >= 0.3 is 0 Å². The summed E-state index contributed by atoms with van der Waals surface area (Å²) < 4.78 is 12.3. The van der Waals surface area contributed by atoms with E-state index in [1.165, 1.54) is 0 Å². The van der Waals surface area contributed by atoms with Gasteiger partial charge in [0.2, 0.25) is 0 Å². The molecule has 1 aromatic carbocycles. The van der Waals surface area contributed by atoms with E-state index in [0.29, 0.717) is 12.0 Å². The molecule has 0 aliphatic carbocycles. The van der Waals surface area contributed by atoms with Crippen molar-refractivity contribution < 1.29 is 9.18 Å². The SMILES string of the molecule is CC(CC=O)c1cccc(CF)c1. The summed E-state index contributed by atoms with van der Waals surface area (Å²) in [5, 5.41) is 0. The van der Waals surface area contributed by atoms with Gasteiger partial charge in [0, 0.05) is 6.42 Å². The second-order valence-electron chi connectivity index (χ2n) is 3.18. The van der Waals surface area contributed by atoms with Crippen LogP contribution in [0.15, 0.2) is 24.3 Å². The Bertz CT molecular complexity index is 283. The molecule has 1 unspecified atom stereocenters. The van der Waals surface area contributed by atoms with Crippen molar-refractivity contribution in [3.63, 3.8) is 0 Å². The molecule has 0 amide bonds. The van der Waals surface area contributed by atoms with E-state index in [1.807, 2.05) is 25.1 Å². The molecule has 0 saturated heterocycles. The second-order valence-corrected chi connectivity index (χ2v) is 3.18. The number of halogens is 1. The third-order valence-corrected chi connectivity index (χ3v) is 2.12. The van der Waals surface area contributed by atoms with E-state index >= 15 is 0 Å². The van der Waals surface area contributed by atoms with E-state index in [1.54, 1.807) is 6.07 Å². The minimum absolute atomic E-state index is 0.184. The monoisotopic (exact) mass is 180 g/mol. The van der Waals surface area contributed by atoms with Crippen molar-refractivity contribution in [3.8, 4) is 0 Å². The first-order valence-corrected chi connectivity index (χ1v) is 4.36. The molecule has 13 heavy (non-hydrogen) atoms. The topological polar surface area (TPSA) is 17.1 Å². The second kappa shape index (κ2) is 4.75. The zero-order valence-electron chi connectivity index (χ0n) is 7.66. The molecule has 1 nitrogen and oxygen atoms in total. The lowest BCUT2D eigenvalue weighted by atomic mass is 9.97. The number of hydrogen-bond acceptors (Lipinski definition) is 1. The van der Waals surface area contributed by atoms with Crippen LogP contribution in [0.3, 0.4) is 0 Å². The Labute approximate surface area is 77.6 Å². The normalized spacial score (nSPS) is 12.5. The van der Waals surface area contributed by atoms with Gasteiger partial charge in [-0.15, -0.1) is 0 Å². The molecule has 0 heterocycles. The summed E-state index contributed by atoms with van der Waals surface area (Å²) in [7, 11) is 0. The highest BCUT2D eigenvalue weighted by molar-refractivity contribution is 5.51. The Morgan fingerprint density at radius 1 is 1.54 bits per heavy atom. The van der Waals surface area contributed by atoms with Crippen molar-refractivity contribution in [1.29, 1.82) is 0 Å². The number of carbonyl (C=O) groups is 1. The van der Waals surface area contributed by atoms with Gasteiger partial charge in [-0.25, -0.2) is 4.39 Å². The maximum atomic E-state index is 12.3. The lowest BCUT2D eigenvalue weighted by Crippen LogP contribution is -1.94. The largest absolute Gasteiger partial charge is 0.303 e. The van der Waals surface area contributed by atoms with Crippen LogP contribution >= 0.6 is 0 Å². The van der Waals surface area contributed by atoms with Gasteiger partial charge in [-0.2, -0.15) is 0 Å². The number of benzene rings is 1. The lowest BCUT2D eigenvalue weighted by Gasteiger charge is -2.08. The Morgan fingerprint density at radius 3 is 2.92 bits per heavy atom. The first-order chi connectivity index (χ1) is 6.27. The molecule has 0 aliphatic rings. The molecule has 0 spiro atoms. The zero-order valence-corrected chi connectivity index (χ0v) is 7.66. The fraction of sp³-hybridized carbons (Fsp3) is 0.364. The molecule has 0 radical (unpaired) electrons. The highest BCUT2D eigenvalue weighted by atomic mass is 19.1. The van der Waals surface area contributed by atoms with E-state index in [2.05, 4.69) is 0 Å². The number of aldehydes is 1. The van der Waals surface area contributed by atoms with E-state index in [9.17, 15) is 9.18 Å². The number of rotatable bonds is 4. The molecule has 1 aromatic rings. The van der Waals surface area contributed by atoms with Crippen molar-refractivity contribution in [2.45, 2.75) is 25.9 Å². The lowest BCUT2D eigenvalue weighted by molar-refractivity contribution is -0.108. The van der Waals surface area contributed by atoms with Gasteiger partial charge < -0.3 is 4.79 Å². The predicted octanol–water partition coefficient (Wildman–Crippen LogP) is 2.85. The van der Waals surface area contributed by atoms with Gasteiger partial charge in [0.05, 0.1) is 0 Å². The van der Waals surface area contributed by atoms with E-state index in [4.69, 9.17) is 0 Å². The highest BCUT2D eigenvalue weighted by Crippen LogP contribution is 2.19. The average Bonchev–Trinajstić information content (AvgIpc) is 2.18. The maximum absolute atomic E-state index is 12.3. The van der Waals surface area contributed by atoms with Crippen LogP contribution in [0.1, 0.15) is 30.4 Å². The average molecular weight is 180 g/mol. The molecule has 0 aromatic heterocycles. The van der Waals surface area contributed by atoms with E-state index in [-0.39, 0.29) is 5.92 Å². The maximum Gasteiger partial charge on any atom is 0.120 e. The summed E-state index contributed by atoms with van der Waals surface area (Å²) in [6, 6.07) is 7.31. The Balaban J connectivity index is 2.81. The summed E-state index contributed by atoms with van der Waals surface area (Å²) in [6.45, 7) is 1.52. The molecule has 70 valence electrons. The first kappa shape index (κ1) is 9.90. The summed E-state index contributed by atoms with van der Waals surface area (Å²) in [4.78, 5) is 10.3. The molecule has 0 bridgehead atoms. The van der Waals surface area contributed by atoms with Crippen molar-refractivity contribution in [1.82, 2.24) is 0 Å². The van der Waals surface area contributed by atoms with Gasteiger partial charge in [-0.05, 0) is 17.0 Å². The first-order valence-electron chi connectivity index (χ1n) is 4.36. The van der Waals surface area contributed by atoms with Crippen LogP contribution in [-0.2, 0) is 11.5 Å².